The highest BCUT2D eigenvalue weighted by Gasteiger charge is 2.15. The van der Waals surface area contributed by atoms with Crippen molar-refractivity contribution < 1.29 is 18.3 Å². The van der Waals surface area contributed by atoms with Gasteiger partial charge in [-0.15, -0.1) is 0 Å². The molecule has 1 atom stereocenters. The average Bonchev–Trinajstić information content (AvgIpc) is 3.03. The maximum absolute atomic E-state index is 12.7. The summed E-state index contributed by atoms with van der Waals surface area (Å²) in [5.41, 5.74) is 0.649. The molecule has 0 bridgehead atoms. The fourth-order valence-corrected chi connectivity index (χ4v) is 2.46. The Labute approximate surface area is 140 Å². The van der Waals surface area contributed by atoms with Crippen molar-refractivity contribution in [1.82, 2.24) is 14.9 Å². The molecule has 132 valence electrons. The first-order valence-electron chi connectivity index (χ1n) is 7.96. The molecule has 0 saturated carbocycles. The molecule has 0 amide bonds. The molecule has 0 aliphatic rings. The van der Waals surface area contributed by atoms with Crippen LogP contribution in [0.15, 0.2) is 36.9 Å². The number of halogens is 2. The largest absolute Gasteiger partial charge is 0.490 e. The summed E-state index contributed by atoms with van der Waals surface area (Å²) in [5, 5.41) is 3.28. The third-order valence-electron chi connectivity index (χ3n) is 3.46. The highest BCUT2D eigenvalue weighted by atomic mass is 19.3. The van der Waals surface area contributed by atoms with E-state index in [-0.39, 0.29) is 5.75 Å². The molecule has 0 fully saturated rings. The molecule has 1 N–H and O–H groups in total. The van der Waals surface area contributed by atoms with Gasteiger partial charge >= 0.3 is 6.61 Å². The standard InChI is InChI=1S/C17H23F2N3O2/c1-3-23-15-6-4-5-14(16(15)24-17(18)19)10-21-9-13(2)11-22-8-7-20-12-22/h4-8,12-13,17,21H,3,9-11H2,1-2H3. The van der Waals surface area contributed by atoms with Gasteiger partial charge in [-0.25, -0.2) is 4.98 Å². The molecule has 5 nitrogen and oxygen atoms in total. The van der Waals surface area contributed by atoms with Crippen molar-refractivity contribution in [3.63, 3.8) is 0 Å². The van der Waals surface area contributed by atoms with E-state index in [4.69, 9.17) is 4.74 Å². The van der Waals surface area contributed by atoms with E-state index in [1.807, 2.05) is 10.8 Å². The van der Waals surface area contributed by atoms with E-state index < -0.39 is 6.61 Å². The number of nitrogens with one attached hydrogen (secondary N) is 1. The van der Waals surface area contributed by atoms with Gasteiger partial charge in [0.2, 0.25) is 0 Å². The normalized spacial score (nSPS) is 12.4. The van der Waals surface area contributed by atoms with Gasteiger partial charge in [0.1, 0.15) is 0 Å². The minimum absolute atomic E-state index is 0.101. The maximum Gasteiger partial charge on any atom is 0.387 e. The van der Waals surface area contributed by atoms with Crippen LogP contribution >= 0.6 is 0 Å². The lowest BCUT2D eigenvalue weighted by atomic mass is 10.1. The third kappa shape index (κ3) is 5.49. The van der Waals surface area contributed by atoms with Crippen molar-refractivity contribution in [2.75, 3.05) is 13.2 Å². The summed E-state index contributed by atoms with van der Waals surface area (Å²) in [5.74, 6) is 0.807. The summed E-state index contributed by atoms with van der Waals surface area (Å²) in [6, 6.07) is 5.16. The molecule has 0 saturated heterocycles. The number of nitrogens with zero attached hydrogens (tertiary/aromatic N) is 2. The number of imidazole rings is 1. The lowest BCUT2D eigenvalue weighted by Crippen LogP contribution is -2.24. The second kappa shape index (κ2) is 9.22. The Morgan fingerprint density at radius 2 is 2.17 bits per heavy atom. The molecule has 2 rings (SSSR count). The Kier molecular flexibility index (Phi) is 6.99. The molecule has 0 radical (unpaired) electrons. The van der Waals surface area contributed by atoms with Crippen molar-refractivity contribution in [3.8, 4) is 11.5 Å². The second-order valence-corrected chi connectivity index (χ2v) is 5.55. The predicted octanol–water partition coefficient (Wildman–Crippen LogP) is 3.31. The van der Waals surface area contributed by atoms with E-state index in [1.165, 1.54) is 0 Å². The third-order valence-corrected chi connectivity index (χ3v) is 3.46. The molecule has 2 aromatic rings. The zero-order chi connectivity index (χ0) is 17.4. The molecule has 0 aliphatic heterocycles. The van der Waals surface area contributed by atoms with Crippen LogP contribution in [0.2, 0.25) is 0 Å². The maximum atomic E-state index is 12.7. The summed E-state index contributed by atoms with van der Waals surface area (Å²) in [4.78, 5) is 4.01. The number of aromatic nitrogens is 2. The topological polar surface area (TPSA) is 48.3 Å². The van der Waals surface area contributed by atoms with Crippen LogP contribution in [-0.4, -0.2) is 29.3 Å². The lowest BCUT2D eigenvalue weighted by molar-refractivity contribution is -0.0521. The number of alkyl halides is 2. The lowest BCUT2D eigenvalue weighted by Gasteiger charge is -2.17. The van der Waals surface area contributed by atoms with Crippen molar-refractivity contribution in [2.45, 2.75) is 33.5 Å². The molecule has 24 heavy (non-hydrogen) atoms. The highest BCUT2D eigenvalue weighted by molar-refractivity contribution is 5.46. The quantitative estimate of drug-likeness (QED) is 0.721. The number of hydrogen-bond donors (Lipinski definition) is 1. The molecule has 1 unspecified atom stereocenters. The highest BCUT2D eigenvalue weighted by Crippen LogP contribution is 2.32. The van der Waals surface area contributed by atoms with Crippen LogP contribution in [0.1, 0.15) is 19.4 Å². The average molecular weight is 339 g/mol. The first-order valence-corrected chi connectivity index (χ1v) is 7.96. The molecule has 1 aromatic heterocycles. The predicted molar refractivity (Wildman–Crippen MR) is 87.3 cm³/mol. The summed E-state index contributed by atoms with van der Waals surface area (Å²) in [6.45, 7) is 3.42. The number of benzene rings is 1. The Morgan fingerprint density at radius 1 is 1.33 bits per heavy atom. The molecule has 7 heteroatoms. The van der Waals surface area contributed by atoms with Crippen LogP contribution in [0.5, 0.6) is 11.5 Å². The van der Waals surface area contributed by atoms with E-state index in [9.17, 15) is 8.78 Å². The van der Waals surface area contributed by atoms with Gasteiger partial charge in [-0.05, 0) is 25.5 Å². The van der Waals surface area contributed by atoms with Crippen molar-refractivity contribution in [1.29, 1.82) is 0 Å². The number of hydrogen-bond acceptors (Lipinski definition) is 4. The van der Waals surface area contributed by atoms with Gasteiger partial charge < -0.3 is 19.4 Å². The van der Waals surface area contributed by atoms with Crippen LogP contribution in [-0.2, 0) is 13.1 Å². The van der Waals surface area contributed by atoms with Gasteiger partial charge in [-0.1, -0.05) is 19.1 Å². The molecular weight excluding hydrogens is 316 g/mol. The van der Waals surface area contributed by atoms with Gasteiger partial charge in [0.25, 0.3) is 0 Å². The van der Waals surface area contributed by atoms with E-state index in [0.717, 1.165) is 13.1 Å². The summed E-state index contributed by atoms with van der Waals surface area (Å²) >= 11 is 0. The zero-order valence-electron chi connectivity index (χ0n) is 13.9. The van der Waals surface area contributed by atoms with Gasteiger partial charge in [0, 0.05) is 31.0 Å². The Hall–Kier alpha value is -2.15. The molecule has 0 aliphatic carbocycles. The molecule has 0 spiro atoms. The summed E-state index contributed by atoms with van der Waals surface area (Å²) < 4.78 is 37.4. The summed E-state index contributed by atoms with van der Waals surface area (Å²) in [6.07, 6.45) is 5.43. The second-order valence-electron chi connectivity index (χ2n) is 5.55. The van der Waals surface area contributed by atoms with Gasteiger partial charge in [-0.2, -0.15) is 8.78 Å². The van der Waals surface area contributed by atoms with E-state index in [0.29, 0.717) is 30.4 Å². The van der Waals surface area contributed by atoms with Gasteiger partial charge in [0.05, 0.1) is 12.9 Å². The monoisotopic (exact) mass is 339 g/mol. The Morgan fingerprint density at radius 3 is 2.83 bits per heavy atom. The summed E-state index contributed by atoms with van der Waals surface area (Å²) in [7, 11) is 0. The van der Waals surface area contributed by atoms with Crippen LogP contribution in [0, 0.1) is 5.92 Å². The smallest absolute Gasteiger partial charge is 0.387 e. The Bertz CT molecular complexity index is 606. The van der Waals surface area contributed by atoms with Crippen LogP contribution in [0.25, 0.3) is 0 Å². The van der Waals surface area contributed by atoms with Crippen molar-refractivity contribution >= 4 is 0 Å². The minimum Gasteiger partial charge on any atom is -0.490 e. The molecule has 1 heterocycles. The first-order chi connectivity index (χ1) is 11.6. The van der Waals surface area contributed by atoms with Crippen molar-refractivity contribution in [2.24, 2.45) is 5.92 Å². The van der Waals surface area contributed by atoms with E-state index in [1.54, 1.807) is 37.6 Å². The van der Waals surface area contributed by atoms with Crippen molar-refractivity contribution in [3.05, 3.63) is 42.5 Å². The number of para-hydroxylation sites is 1. The number of rotatable bonds is 10. The fraction of sp³-hybridized carbons (Fsp3) is 0.471. The van der Waals surface area contributed by atoms with Crippen LogP contribution < -0.4 is 14.8 Å². The van der Waals surface area contributed by atoms with Crippen LogP contribution in [0.4, 0.5) is 8.78 Å². The van der Waals surface area contributed by atoms with E-state index in [2.05, 4.69) is 22.0 Å². The molecular formula is C17H23F2N3O2. The van der Waals surface area contributed by atoms with Gasteiger partial charge in [-0.3, -0.25) is 0 Å². The van der Waals surface area contributed by atoms with Crippen LogP contribution in [0.3, 0.4) is 0 Å². The fourth-order valence-electron chi connectivity index (χ4n) is 2.46. The molecule has 1 aromatic carbocycles. The number of ether oxygens (including phenoxy) is 2. The minimum atomic E-state index is -2.88. The SMILES string of the molecule is CCOc1cccc(CNCC(C)Cn2ccnc2)c1OC(F)F. The van der Waals surface area contributed by atoms with E-state index >= 15 is 0 Å². The van der Waals surface area contributed by atoms with Gasteiger partial charge in [0.15, 0.2) is 11.5 Å². The Balaban J connectivity index is 1.94. The zero-order valence-corrected chi connectivity index (χ0v) is 13.9. The first kappa shape index (κ1) is 18.2.